The van der Waals surface area contributed by atoms with E-state index in [1.54, 1.807) is 18.4 Å². The Morgan fingerprint density at radius 3 is 2.80 bits per heavy atom. The molecule has 20 heavy (non-hydrogen) atoms. The molecule has 0 radical (unpaired) electrons. The normalized spacial score (nSPS) is 10.1. The summed E-state index contributed by atoms with van der Waals surface area (Å²) in [4.78, 5) is 12.5. The van der Waals surface area contributed by atoms with Crippen LogP contribution in [0.1, 0.15) is 11.8 Å². The first-order valence-corrected chi connectivity index (χ1v) is 7.29. The van der Waals surface area contributed by atoms with Gasteiger partial charge in [0.25, 0.3) is 0 Å². The molecule has 0 unspecified atom stereocenters. The first kappa shape index (κ1) is 14.4. The lowest BCUT2D eigenvalue weighted by molar-refractivity contribution is -0.114. The highest BCUT2D eigenvalue weighted by Crippen LogP contribution is 2.27. The minimum Gasteiger partial charge on any atom is -0.497 e. The zero-order valence-corrected chi connectivity index (χ0v) is 12.4. The fourth-order valence-corrected chi connectivity index (χ4v) is 2.58. The molecule has 0 bridgehead atoms. The molecule has 0 aliphatic carbocycles. The fraction of sp³-hybridized carbons (Fsp3) is 0.267. The minimum atomic E-state index is -0.0866. The number of carbonyl (C=O) groups is 1. The first-order chi connectivity index (χ1) is 9.69. The van der Waals surface area contributed by atoms with Gasteiger partial charge in [0, 0.05) is 24.4 Å². The highest BCUT2D eigenvalue weighted by atomic mass is 32.1. The Balaban J connectivity index is 2.04. The molecule has 0 saturated carbocycles. The fourth-order valence-electron chi connectivity index (χ4n) is 1.87. The molecule has 0 saturated heterocycles. The van der Waals surface area contributed by atoms with E-state index < -0.39 is 0 Å². The molecule has 106 valence electrons. The topological polar surface area (TPSA) is 50.4 Å². The number of methoxy groups -OCH3 is 1. The number of nitrogens with one attached hydrogen (secondary N) is 2. The lowest BCUT2D eigenvalue weighted by Gasteiger charge is -2.13. The van der Waals surface area contributed by atoms with E-state index in [2.05, 4.69) is 22.1 Å². The van der Waals surface area contributed by atoms with E-state index in [0.29, 0.717) is 0 Å². The van der Waals surface area contributed by atoms with E-state index in [1.165, 1.54) is 11.8 Å². The smallest absolute Gasteiger partial charge is 0.221 e. The molecule has 0 aliphatic heterocycles. The van der Waals surface area contributed by atoms with Crippen molar-refractivity contribution in [2.24, 2.45) is 0 Å². The molecule has 1 amide bonds. The third-order valence-electron chi connectivity index (χ3n) is 2.80. The zero-order valence-electron chi connectivity index (χ0n) is 11.6. The molecule has 0 spiro atoms. The SMILES string of the molecule is COc1ccc(NC(C)=O)c(NCCc2cccs2)c1. The molecule has 4 nitrogen and oxygen atoms in total. The average molecular weight is 290 g/mol. The second kappa shape index (κ2) is 6.96. The van der Waals surface area contributed by atoms with Gasteiger partial charge in [0.05, 0.1) is 18.5 Å². The number of hydrogen-bond acceptors (Lipinski definition) is 4. The van der Waals surface area contributed by atoms with Crippen molar-refractivity contribution in [2.45, 2.75) is 13.3 Å². The van der Waals surface area contributed by atoms with Crippen LogP contribution in [0.5, 0.6) is 5.75 Å². The molecular weight excluding hydrogens is 272 g/mol. The summed E-state index contributed by atoms with van der Waals surface area (Å²) >= 11 is 1.75. The maximum absolute atomic E-state index is 11.2. The van der Waals surface area contributed by atoms with Gasteiger partial charge in [-0.15, -0.1) is 11.3 Å². The second-order valence-electron chi connectivity index (χ2n) is 4.35. The molecule has 1 aromatic carbocycles. The van der Waals surface area contributed by atoms with Crippen molar-refractivity contribution in [3.05, 3.63) is 40.6 Å². The van der Waals surface area contributed by atoms with Crippen LogP contribution in [0.25, 0.3) is 0 Å². The molecular formula is C15H18N2O2S. The largest absolute Gasteiger partial charge is 0.497 e. The van der Waals surface area contributed by atoms with Crippen LogP contribution in [0.3, 0.4) is 0 Å². The summed E-state index contributed by atoms with van der Waals surface area (Å²) in [5.41, 5.74) is 1.64. The van der Waals surface area contributed by atoms with Crippen LogP contribution in [0.15, 0.2) is 35.7 Å². The lowest BCUT2D eigenvalue weighted by Crippen LogP contribution is -2.11. The van der Waals surface area contributed by atoms with Crippen molar-refractivity contribution < 1.29 is 9.53 Å². The minimum absolute atomic E-state index is 0.0866. The van der Waals surface area contributed by atoms with Gasteiger partial charge in [-0.1, -0.05) is 6.07 Å². The monoisotopic (exact) mass is 290 g/mol. The Morgan fingerprint density at radius 2 is 2.15 bits per heavy atom. The number of anilines is 2. The summed E-state index contributed by atoms with van der Waals surface area (Å²) < 4.78 is 5.22. The third-order valence-corrected chi connectivity index (χ3v) is 3.74. The Labute approximate surface area is 122 Å². The first-order valence-electron chi connectivity index (χ1n) is 6.41. The standard InChI is InChI=1S/C15H18N2O2S/c1-11(18)17-14-6-5-12(19-2)10-15(14)16-8-7-13-4-3-9-20-13/h3-6,9-10,16H,7-8H2,1-2H3,(H,17,18). The van der Waals surface area contributed by atoms with Crippen molar-refractivity contribution in [3.63, 3.8) is 0 Å². The van der Waals surface area contributed by atoms with E-state index in [0.717, 1.165) is 30.1 Å². The summed E-state index contributed by atoms with van der Waals surface area (Å²) in [7, 11) is 1.63. The summed E-state index contributed by atoms with van der Waals surface area (Å²) in [6.45, 7) is 2.31. The number of benzene rings is 1. The van der Waals surface area contributed by atoms with E-state index in [1.807, 2.05) is 24.3 Å². The number of thiophene rings is 1. The van der Waals surface area contributed by atoms with Crippen molar-refractivity contribution in [2.75, 3.05) is 24.3 Å². The molecule has 5 heteroatoms. The Bertz CT molecular complexity index is 567. The van der Waals surface area contributed by atoms with Crippen LogP contribution in [-0.2, 0) is 11.2 Å². The van der Waals surface area contributed by atoms with E-state index in [4.69, 9.17) is 4.74 Å². The van der Waals surface area contributed by atoms with Gasteiger partial charge in [-0.3, -0.25) is 4.79 Å². The van der Waals surface area contributed by atoms with Crippen LogP contribution in [-0.4, -0.2) is 19.6 Å². The molecule has 1 heterocycles. The van der Waals surface area contributed by atoms with Crippen molar-refractivity contribution >= 4 is 28.6 Å². The van der Waals surface area contributed by atoms with E-state index in [9.17, 15) is 4.79 Å². The van der Waals surface area contributed by atoms with Gasteiger partial charge in [-0.2, -0.15) is 0 Å². The quantitative estimate of drug-likeness (QED) is 0.857. The van der Waals surface area contributed by atoms with Crippen molar-refractivity contribution in [1.29, 1.82) is 0 Å². The summed E-state index contributed by atoms with van der Waals surface area (Å²) in [5.74, 6) is 0.675. The van der Waals surface area contributed by atoms with Crippen LogP contribution < -0.4 is 15.4 Å². The van der Waals surface area contributed by atoms with Crippen molar-refractivity contribution in [3.8, 4) is 5.75 Å². The van der Waals surface area contributed by atoms with Gasteiger partial charge in [-0.05, 0) is 30.0 Å². The number of carbonyl (C=O) groups excluding carboxylic acids is 1. The van der Waals surface area contributed by atoms with Gasteiger partial charge in [0.1, 0.15) is 5.75 Å². The molecule has 0 atom stereocenters. The molecule has 2 aromatic rings. The summed E-state index contributed by atoms with van der Waals surface area (Å²) in [5, 5.41) is 8.23. The highest BCUT2D eigenvalue weighted by molar-refractivity contribution is 7.09. The van der Waals surface area contributed by atoms with Crippen LogP contribution in [0.4, 0.5) is 11.4 Å². The molecule has 0 fully saturated rings. The maximum Gasteiger partial charge on any atom is 0.221 e. The summed E-state index contributed by atoms with van der Waals surface area (Å²) in [6.07, 6.45) is 0.953. The van der Waals surface area contributed by atoms with Gasteiger partial charge in [0.15, 0.2) is 0 Å². The average Bonchev–Trinajstić information content (AvgIpc) is 2.93. The second-order valence-corrected chi connectivity index (χ2v) is 5.38. The van der Waals surface area contributed by atoms with Crippen LogP contribution >= 0.6 is 11.3 Å². The zero-order chi connectivity index (χ0) is 14.4. The maximum atomic E-state index is 11.2. The summed E-state index contributed by atoms with van der Waals surface area (Å²) in [6, 6.07) is 9.73. The predicted octanol–water partition coefficient (Wildman–Crippen LogP) is 3.37. The lowest BCUT2D eigenvalue weighted by atomic mass is 10.2. The number of amides is 1. The third kappa shape index (κ3) is 3.99. The Kier molecular flexibility index (Phi) is 5.01. The van der Waals surface area contributed by atoms with E-state index in [-0.39, 0.29) is 5.91 Å². The van der Waals surface area contributed by atoms with Crippen molar-refractivity contribution in [1.82, 2.24) is 0 Å². The molecule has 2 N–H and O–H groups in total. The Hall–Kier alpha value is -2.01. The highest BCUT2D eigenvalue weighted by Gasteiger charge is 2.06. The van der Waals surface area contributed by atoms with E-state index >= 15 is 0 Å². The molecule has 1 aromatic heterocycles. The molecule has 2 rings (SSSR count). The molecule has 0 aliphatic rings. The van der Waals surface area contributed by atoms with Crippen LogP contribution in [0.2, 0.25) is 0 Å². The van der Waals surface area contributed by atoms with Gasteiger partial charge < -0.3 is 15.4 Å². The van der Waals surface area contributed by atoms with Gasteiger partial charge in [-0.25, -0.2) is 0 Å². The Morgan fingerprint density at radius 1 is 1.30 bits per heavy atom. The number of rotatable bonds is 6. The number of hydrogen-bond donors (Lipinski definition) is 2. The van der Waals surface area contributed by atoms with Gasteiger partial charge in [0.2, 0.25) is 5.91 Å². The predicted molar refractivity (Wildman–Crippen MR) is 83.8 cm³/mol. The van der Waals surface area contributed by atoms with Gasteiger partial charge >= 0.3 is 0 Å². The van der Waals surface area contributed by atoms with Crippen LogP contribution in [0, 0.1) is 0 Å². The number of ether oxygens (including phenoxy) is 1.